The fourth-order valence-electron chi connectivity index (χ4n) is 1.49. The van der Waals surface area contributed by atoms with Gasteiger partial charge in [-0.1, -0.05) is 29.5 Å². The van der Waals surface area contributed by atoms with Gasteiger partial charge in [0.25, 0.3) is 0 Å². The van der Waals surface area contributed by atoms with Gasteiger partial charge in [0.1, 0.15) is 0 Å². The standard InChI is InChI=1S/C12H14N2S2/c1-9-3-4-11(10(7-9)8-13-2)16-12-14-5-6-15-12/h3-7,13H,8H2,1-2H3. The number of rotatable bonds is 4. The number of nitrogens with zero attached hydrogens (tertiary/aromatic N) is 1. The second-order valence-corrected chi connectivity index (χ2v) is 5.73. The molecule has 0 bridgehead atoms. The molecule has 2 rings (SSSR count). The summed E-state index contributed by atoms with van der Waals surface area (Å²) in [6.07, 6.45) is 1.85. The average Bonchev–Trinajstić information content (AvgIpc) is 2.75. The fourth-order valence-corrected chi connectivity index (χ4v) is 3.18. The minimum atomic E-state index is 0.898. The first-order valence-electron chi connectivity index (χ1n) is 5.11. The Bertz CT molecular complexity index is 452. The van der Waals surface area contributed by atoms with Crippen LogP contribution in [-0.4, -0.2) is 12.0 Å². The molecule has 0 saturated carbocycles. The predicted octanol–water partition coefficient (Wildman–Crippen LogP) is 3.32. The Morgan fingerprint density at radius 3 is 3.00 bits per heavy atom. The van der Waals surface area contributed by atoms with Gasteiger partial charge in [-0.15, -0.1) is 11.3 Å². The van der Waals surface area contributed by atoms with Crippen LogP contribution in [0.5, 0.6) is 0 Å². The quantitative estimate of drug-likeness (QED) is 0.901. The van der Waals surface area contributed by atoms with Crippen molar-refractivity contribution in [3.63, 3.8) is 0 Å². The average molecular weight is 250 g/mol. The van der Waals surface area contributed by atoms with Gasteiger partial charge in [-0.2, -0.15) is 0 Å². The zero-order valence-electron chi connectivity index (χ0n) is 9.36. The van der Waals surface area contributed by atoms with E-state index in [1.165, 1.54) is 16.0 Å². The maximum absolute atomic E-state index is 4.30. The number of hydrogen-bond acceptors (Lipinski definition) is 4. The molecule has 1 aromatic carbocycles. The third-order valence-electron chi connectivity index (χ3n) is 2.19. The van der Waals surface area contributed by atoms with Crippen molar-refractivity contribution in [3.05, 3.63) is 40.9 Å². The zero-order chi connectivity index (χ0) is 11.4. The van der Waals surface area contributed by atoms with Gasteiger partial charge in [0, 0.05) is 23.0 Å². The van der Waals surface area contributed by atoms with E-state index in [2.05, 4.69) is 35.4 Å². The Morgan fingerprint density at radius 2 is 2.31 bits per heavy atom. The summed E-state index contributed by atoms with van der Waals surface area (Å²) in [5, 5.41) is 5.21. The van der Waals surface area contributed by atoms with Crippen molar-refractivity contribution in [2.75, 3.05) is 7.05 Å². The van der Waals surface area contributed by atoms with Crippen LogP contribution in [0, 0.1) is 6.92 Å². The Morgan fingerprint density at radius 1 is 1.44 bits per heavy atom. The molecule has 0 aliphatic rings. The predicted molar refractivity (Wildman–Crippen MR) is 70.2 cm³/mol. The van der Waals surface area contributed by atoms with Crippen molar-refractivity contribution in [2.24, 2.45) is 0 Å². The molecule has 0 fully saturated rings. The normalized spacial score (nSPS) is 10.6. The van der Waals surface area contributed by atoms with Crippen LogP contribution in [0.2, 0.25) is 0 Å². The van der Waals surface area contributed by atoms with E-state index in [4.69, 9.17) is 0 Å². The molecule has 1 heterocycles. The van der Waals surface area contributed by atoms with E-state index in [9.17, 15) is 0 Å². The lowest BCUT2D eigenvalue weighted by Crippen LogP contribution is -2.06. The summed E-state index contributed by atoms with van der Waals surface area (Å²) < 4.78 is 1.10. The molecule has 0 atom stereocenters. The number of thiazole rings is 1. The molecule has 0 unspecified atom stereocenters. The highest BCUT2D eigenvalue weighted by molar-refractivity contribution is 8.01. The van der Waals surface area contributed by atoms with E-state index in [0.717, 1.165) is 10.9 Å². The Labute approximate surface area is 104 Å². The van der Waals surface area contributed by atoms with E-state index in [0.29, 0.717) is 0 Å². The van der Waals surface area contributed by atoms with Gasteiger partial charge < -0.3 is 5.32 Å². The largest absolute Gasteiger partial charge is 0.316 e. The van der Waals surface area contributed by atoms with Gasteiger partial charge in [0.15, 0.2) is 4.34 Å². The highest BCUT2D eigenvalue weighted by atomic mass is 32.2. The van der Waals surface area contributed by atoms with Gasteiger partial charge in [-0.3, -0.25) is 0 Å². The van der Waals surface area contributed by atoms with Gasteiger partial charge >= 0.3 is 0 Å². The van der Waals surface area contributed by atoms with Crippen molar-refractivity contribution in [1.82, 2.24) is 10.3 Å². The van der Waals surface area contributed by atoms with Crippen LogP contribution in [0.1, 0.15) is 11.1 Å². The molecule has 4 heteroatoms. The maximum atomic E-state index is 4.30. The summed E-state index contributed by atoms with van der Waals surface area (Å²) in [7, 11) is 1.97. The molecule has 1 aromatic heterocycles. The number of benzene rings is 1. The van der Waals surface area contributed by atoms with Crippen molar-refractivity contribution in [1.29, 1.82) is 0 Å². The molecule has 0 saturated heterocycles. The molecule has 1 N–H and O–H groups in total. The molecule has 16 heavy (non-hydrogen) atoms. The summed E-state index contributed by atoms with van der Waals surface area (Å²) in [5.74, 6) is 0. The molecular weight excluding hydrogens is 236 g/mol. The molecule has 2 nitrogen and oxygen atoms in total. The van der Waals surface area contributed by atoms with Gasteiger partial charge in [0.2, 0.25) is 0 Å². The summed E-state index contributed by atoms with van der Waals surface area (Å²) >= 11 is 3.42. The van der Waals surface area contributed by atoms with E-state index in [1.54, 1.807) is 23.1 Å². The second kappa shape index (κ2) is 5.48. The van der Waals surface area contributed by atoms with Crippen LogP contribution in [0.25, 0.3) is 0 Å². The van der Waals surface area contributed by atoms with Crippen LogP contribution < -0.4 is 5.32 Å². The Kier molecular flexibility index (Phi) is 3.98. The zero-order valence-corrected chi connectivity index (χ0v) is 11.0. The summed E-state index contributed by atoms with van der Waals surface area (Å²) in [4.78, 5) is 5.58. The fraction of sp³-hybridized carbons (Fsp3) is 0.250. The number of hydrogen-bond donors (Lipinski definition) is 1. The van der Waals surface area contributed by atoms with E-state index >= 15 is 0 Å². The molecule has 0 amide bonds. The van der Waals surface area contributed by atoms with Crippen LogP contribution >= 0.6 is 23.1 Å². The van der Waals surface area contributed by atoms with E-state index < -0.39 is 0 Å². The molecule has 0 radical (unpaired) electrons. The lowest BCUT2D eigenvalue weighted by molar-refractivity contribution is 0.802. The Balaban J connectivity index is 2.25. The highest BCUT2D eigenvalue weighted by Gasteiger charge is 2.05. The monoisotopic (exact) mass is 250 g/mol. The SMILES string of the molecule is CNCc1cc(C)ccc1Sc1nccs1. The summed E-state index contributed by atoms with van der Waals surface area (Å²) in [6.45, 7) is 3.02. The van der Waals surface area contributed by atoms with Crippen molar-refractivity contribution < 1.29 is 0 Å². The maximum Gasteiger partial charge on any atom is 0.154 e. The Hall–Kier alpha value is -0.840. The van der Waals surface area contributed by atoms with Crippen LogP contribution in [-0.2, 0) is 6.54 Å². The lowest BCUT2D eigenvalue weighted by Gasteiger charge is -2.08. The summed E-state index contributed by atoms with van der Waals surface area (Å²) in [6, 6.07) is 6.55. The van der Waals surface area contributed by atoms with Crippen molar-refractivity contribution in [3.8, 4) is 0 Å². The van der Waals surface area contributed by atoms with Crippen LogP contribution in [0.3, 0.4) is 0 Å². The van der Waals surface area contributed by atoms with E-state index in [-0.39, 0.29) is 0 Å². The number of aromatic nitrogens is 1. The van der Waals surface area contributed by atoms with Crippen LogP contribution in [0.4, 0.5) is 0 Å². The van der Waals surface area contributed by atoms with Gasteiger partial charge in [0.05, 0.1) is 0 Å². The summed E-state index contributed by atoms with van der Waals surface area (Å²) in [5.41, 5.74) is 2.64. The molecular formula is C12H14N2S2. The third-order valence-corrected chi connectivity index (χ3v) is 4.19. The van der Waals surface area contributed by atoms with Crippen molar-refractivity contribution >= 4 is 23.1 Å². The topological polar surface area (TPSA) is 24.9 Å². The lowest BCUT2D eigenvalue weighted by atomic mass is 10.1. The van der Waals surface area contributed by atoms with Gasteiger partial charge in [-0.25, -0.2) is 4.98 Å². The smallest absolute Gasteiger partial charge is 0.154 e. The minimum absolute atomic E-state index is 0.898. The van der Waals surface area contributed by atoms with Crippen LogP contribution in [0.15, 0.2) is 39.0 Å². The molecule has 2 aromatic rings. The van der Waals surface area contributed by atoms with Crippen molar-refractivity contribution in [2.45, 2.75) is 22.7 Å². The first-order chi connectivity index (χ1) is 7.79. The first-order valence-corrected chi connectivity index (χ1v) is 6.80. The molecule has 0 aliphatic carbocycles. The number of nitrogens with one attached hydrogen (secondary N) is 1. The third kappa shape index (κ3) is 2.84. The van der Waals surface area contributed by atoms with Gasteiger partial charge in [-0.05, 0) is 25.6 Å². The highest BCUT2D eigenvalue weighted by Crippen LogP contribution is 2.32. The number of aryl methyl sites for hydroxylation is 1. The molecule has 0 spiro atoms. The molecule has 0 aliphatic heterocycles. The minimum Gasteiger partial charge on any atom is -0.316 e. The molecule has 84 valence electrons. The van der Waals surface area contributed by atoms with E-state index in [1.807, 2.05) is 18.6 Å². The first kappa shape index (κ1) is 11.6. The second-order valence-electron chi connectivity index (χ2n) is 3.54.